The van der Waals surface area contributed by atoms with Gasteiger partial charge >= 0.3 is 18.2 Å². The van der Waals surface area contributed by atoms with Gasteiger partial charge in [0.05, 0.1) is 0 Å². The Balaban J connectivity index is 1.39. The SMILES string of the molecule is C=CCOC(=O)N[C@@H](CCCCNC(=O)OCC1c2ccccc2-c2ccccc21)C(=O)O. The third-order valence-corrected chi connectivity index (χ3v) is 5.46. The molecule has 2 aromatic rings. The first-order valence-electron chi connectivity index (χ1n) is 10.9. The van der Waals surface area contributed by atoms with Crippen molar-refractivity contribution in [2.75, 3.05) is 19.8 Å². The fourth-order valence-corrected chi connectivity index (χ4v) is 3.89. The van der Waals surface area contributed by atoms with Crippen molar-refractivity contribution in [1.29, 1.82) is 0 Å². The van der Waals surface area contributed by atoms with E-state index in [0.29, 0.717) is 19.4 Å². The maximum absolute atomic E-state index is 12.2. The number of hydrogen-bond donors (Lipinski definition) is 3. The lowest BCUT2D eigenvalue weighted by molar-refractivity contribution is -0.139. The fourth-order valence-electron chi connectivity index (χ4n) is 3.89. The van der Waals surface area contributed by atoms with Crippen LogP contribution in [0.15, 0.2) is 61.2 Å². The second-order valence-corrected chi connectivity index (χ2v) is 7.67. The highest BCUT2D eigenvalue weighted by atomic mass is 16.6. The zero-order valence-electron chi connectivity index (χ0n) is 18.3. The molecule has 0 saturated heterocycles. The highest BCUT2D eigenvalue weighted by molar-refractivity contribution is 5.80. The van der Waals surface area contributed by atoms with E-state index in [2.05, 4.69) is 41.5 Å². The number of carbonyl (C=O) groups excluding carboxylic acids is 2. The van der Waals surface area contributed by atoms with Crippen LogP contribution in [0.2, 0.25) is 0 Å². The smallest absolute Gasteiger partial charge is 0.408 e. The van der Waals surface area contributed by atoms with Crippen molar-refractivity contribution in [3.63, 3.8) is 0 Å². The lowest BCUT2D eigenvalue weighted by Gasteiger charge is -2.15. The van der Waals surface area contributed by atoms with Crippen LogP contribution >= 0.6 is 0 Å². The third-order valence-electron chi connectivity index (χ3n) is 5.46. The maximum Gasteiger partial charge on any atom is 0.408 e. The Hall–Kier alpha value is -3.81. The molecule has 8 nitrogen and oxygen atoms in total. The molecule has 1 aliphatic carbocycles. The monoisotopic (exact) mass is 452 g/mol. The first-order valence-corrected chi connectivity index (χ1v) is 10.9. The number of rotatable bonds is 11. The lowest BCUT2D eigenvalue weighted by atomic mass is 9.98. The third kappa shape index (κ3) is 6.35. The first kappa shape index (κ1) is 23.8. The van der Waals surface area contributed by atoms with Gasteiger partial charge in [-0.2, -0.15) is 0 Å². The van der Waals surface area contributed by atoms with Crippen molar-refractivity contribution in [3.8, 4) is 11.1 Å². The Bertz CT molecular complexity index is 960. The van der Waals surface area contributed by atoms with Crippen LogP contribution in [0.5, 0.6) is 0 Å². The van der Waals surface area contributed by atoms with Crippen molar-refractivity contribution in [2.24, 2.45) is 0 Å². The van der Waals surface area contributed by atoms with E-state index in [-0.39, 0.29) is 25.6 Å². The van der Waals surface area contributed by atoms with Crippen molar-refractivity contribution in [1.82, 2.24) is 10.6 Å². The van der Waals surface area contributed by atoms with Gasteiger partial charge in [-0.1, -0.05) is 61.2 Å². The van der Waals surface area contributed by atoms with E-state index < -0.39 is 24.2 Å². The van der Waals surface area contributed by atoms with Gasteiger partial charge in [0.15, 0.2) is 0 Å². The zero-order valence-corrected chi connectivity index (χ0v) is 18.3. The highest BCUT2D eigenvalue weighted by Gasteiger charge is 2.29. The lowest BCUT2D eigenvalue weighted by Crippen LogP contribution is -2.41. The number of ether oxygens (including phenoxy) is 2. The number of carbonyl (C=O) groups is 3. The van der Waals surface area contributed by atoms with E-state index in [4.69, 9.17) is 9.47 Å². The first-order chi connectivity index (χ1) is 16.0. The number of fused-ring (bicyclic) bond motifs is 3. The summed E-state index contributed by atoms with van der Waals surface area (Å²) in [5.74, 6) is -1.15. The fraction of sp³-hybridized carbons (Fsp3) is 0.320. The molecule has 0 fully saturated rings. The summed E-state index contributed by atoms with van der Waals surface area (Å²) in [6.45, 7) is 3.99. The molecule has 0 aliphatic heterocycles. The molecule has 8 heteroatoms. The molecule has 0 bridgehead atoms. The van der Waals surface area contributed by atoms with Gasteiger partial charge in [0.25, 0.3) is 0 Å². The molecule has 0 radical (unpaired) electrons. The molecule has 0 heterocycles. The molecule has 33 heavy (non-hydrogen) atoms. The normalized spacial score (nSPS) is 12.7. The molecule has 0 unspecified atom stereocenters. The minimum Gasteiger partial charge on any atom is -0.480 e. The van der Waals surface area contributed by atoms with E-state index in [1.807, 2.05) is 24.3 Å². The van der Waals surface area contributed by atoms with Gasteiger partial charge in [-0.15, -0.1) is 0 Å². The van der Waals surface area contributed by atoms with Crippen LogP contribution in [0.3, 0.4) is 0 Å². The van der Waals surface area contributed by atoms with Crippen LogP contribution in [0.25, 0.3) is 11.1 Å². The molecule has 3 rings (SSSR count). The Labute approximate surface area is 192 Å². The summed E-state index contributed by atoms with van der Waals surface area (Å²) in [6, 6.07) is 15.2. The van der Waals surface area contributed by atoms with Crippen LogP contribution < -0.4 is 10.6 Å². The van der Waals surface area contributed by atoms with Gasteiger partial charge in [0.1, 0.15) is 19.3 Å². The second kappa shape index (κ2) is 11.7. The van der Waals surface area contributed by atoms with Gasteiger partial charge in [-0.05, 0) is 41.5 Å². The van der Waals surface area contributed by atoms with Gasteiger partial charge < -0.3 is 25.2 Å². The standard InChI is InChI=1S/C25H28N2O6/c1-2-15-32-25(31)27-22(23(28)29)13-7-8-14-26-24(30)33-16-21-19-11-5-3-9-17(19)18-10-4-6-12-20(18)21/h2-6,9-12,21-22H,1,7-8,13-16H2,(H,26,30)(H,27,31)(H,28,29)/t22-/m0/s1. The predicted octanol–water partition coefficient (Wildman–Crippen LogP) is 4.06. The van der Waals surface area contributed by atoms with Crippen LogP contribution in [0.1, 0.15) is 36.3 Å². The molecule has 2 amide bonds. The second-order valence-electron chi connectivity index (χ2n) is 7.67. The van der Waals surface area contributed by atoms with Gasteiger partial charge in [-0.3, -0.25) is 0 Å². The number of amides is 2. The van der Waals surface area contributed by atoms with Crippen LogP contribution in [-0.4, -0.2) is 49.1 Å². The summed E-state index contributed by atoms with van der Waals surface area (Å²) in [5.41, 5.74) is 4.62. The molecular weight excluding hydrogens is 424 g/mol. The molecule has 2 aromatic carbocycles. The molecule has 174 valence electrons. The van der Waals surface area contributed by atoms with E-state index in [1.54, 1.807) is 0 Å². The van der Waals surface area contributed by atoms with Crippen LogP contribution in [-0.2, 0) is 14.3 Å². The molecule has 3 N–H and O–H groups in total. The minimum absolute atomic E-state index is 0.00221. The summed E-state index contributed by atoms with van der Waals surface area (Å²) in [7, 11) is 0. The van der Waals surface area contributed by atoms with E-state index >= 15 is 0 Å². The average molecular weight is 453 g/mol. The van der Waals surface area contributed by atoms with Gasteiger partial charge in [0.2, 0.25) is 0 Å². The van der Waals surface area contributed by atoms with Crippen molar-refractivity contribution in [2.45, 2.75) is 31.2 Å². The van der Waals surface area contributed by atoms with Gasteiger partial charge in [-0.25, -0.2) is 14.4 Å². The minimum atomic E-state index is -1.14. The summed E-state index contributed by atoms with van der Waals surface area (Å²) >= 11 is 0. The predicted molar refractivity (Wildman–Crippen MR) is 123 cm³/mol. The summed E-state index contributed by atoms with van der Waals surface area (Å²) < 4.78 is 10.2. The van der Waals surface area contributed by atoms with Crippen LogP contribution in [0.4, 0.5) is 9.59 Å². The molecule has 0 spiro atoms. The number of aliphatic carboxylic acids is 1. The number of hydrogen-bond acceptors (Lipinski definition) is 5. The quantitative estimate of drug-likeness (QED) is 0.350. The number of benzene rings is 2. The van der Waals surface area contributed by atoms with Gasteiger partial charge in [0, 0.05) is 12.5 Å². The molecule has 0 saturated carbocycles. The summed E-state index contributed by atoms with van der Waals surface area (Å²) in [6.07, 6.45) is 1.31. The Morgan fingerprint density at radius 2 is 1.61 bits per heavy atom. The Morgan fingerprint density at radius 3 is 2.21 bits per heavy atom. The van der Waals surface area contributed by atoms with E-state index in [0.717, 1.165) is 22.3 Å². The Kier molecular flexibility index (Phi) is 8.46. The largest absolute Gasteiger partial charge is 0.480 e. The average Bonchev–Trinajstić information content (AvgIpc) is 3.14. The Morgan fingerprint density at radius 1 is 0.970 bits per heavy atom. The molecule has 1 aliphatic rings. The van der Waals surface area contributed by atoms with E-state index in [1.165, 1.54) is 6.08 Å². The number of carboxylic acid groups (broad SMARTS) is 1. The van der Waals surface area contributed by atoms with Crippen molar-refractivity contribution >= 4 is 18.2 Å². The van der Waals surface area contributed by atoms with Crippen molar-refractivity contribution in [3.05, 3.63) is 72.3 Å². The number of alkyl carbamates (subject to hydrolysis) is 2. The number of carboxylic acids is 1. The van der Waals surface area contributed by atoms with Crippen LogP contribution in [0, 0.1) is 0 Å². The maximum atomic E-state index is 12.2. The van der Waals surface area contributed by atoms with Crippen molar-refractivity contribution < 1.29 is 29.0 Å². The number of unbranched alkanes of at least 4 members (excludes halogenated alkanes) is 1. The molecule has 1 atom stereocenters. The molecular formula is C25H28N2O6. The highest BCUT2D eigenvalue weighted by Crippen LogP contribution is 2.44. The van der Waals surface area contributed by atoms with E-state index in [9.17, 15) is 19.5 Å². The molecule has 0 aromatic heterocycles. The summed E-state index contributed by atoms with van der Waals surface area (Å²) in [4.78, 5) is 35.0. The number of nitrogens with one attached hydrogen (secondary N) is 2. The topological polar surface area (TPSA) is 114 Å². The zero-order chi connectivity index (χ0) is 23.6. The summed E-state index contributed by atoms with van der Waals surface area (Å²) in [5, 5.41) is 14.2.